The van der Waals surface area contributed by atoms with Crippen LogP contribution in [-0.2, 0) is 0 Å². The maximum Gasteiger partial charge on any atom is 0.0181 e. The van der Waals surface area contributed by atoms with Crippen LogP contribution < -0.4 is 0 Å². The Bertz CT molecular complexity index is 334. The van der Waals surface area contributed by atoms with Gasteiger partial charge in [0, 0.05) is 12.1 Å². The number of hydrogen-bond acceptors (Lipinski definition) is 1. The molecule has 0 spiro atoms. The molecule has 0 aliphatic carbocycles. The third kappa shape index (κ3) is 4.49. The second-order valence-electron chi connectivity index (χ2n) is 10.5. The first-order valence-electron chi connectivity index (χ1n) is 9.50. The van der Waals surface area contributed by atoms with Gasteiger partial charge in [0.2, 0.25) is 0 Å². The molecule has 0 aromatic heterocycles. The Labute approximate surface area is 141 Å². The summed E-state index contributed by atoms with van der Waals surface area (Å²) in [6.07, 6.45) is 6.51. The van der Waals surface area contributed by atoms with E-state index in [0.29, 0.717) is 21.8 Å². The van der Waals surface area contributed by atoms with E-state index in [4.69, 9.17) is 0 Å². The average molecular weight is 310 g/mol. The molecule has 1 nitrogen and oxygen atoms in total. The fraction of sp³-hybridized carbons (Fsp3) is 1.00. The van der Waals surface area contributed by atoms with E-state index < -0.39 is 0 Å². The van der Waals surface area contributed by atoms with E-state index >= 15 is 0 Å². The smallest absolute Gasteiger partial charge is 0.0181 e. The monoisotopic (exact) mass is 309 g/mol. The molecule has 1 aliphatic heterocycles. The standard InChI is InChI=1S/C21H43N/c1-11-20(8)14-19(6,7)16-22(10)21(9,12-2)15-18(4,5)13-17(20)3/h17H,11-16H2,1-10H3/t17?,20-,21?/m1/s1. The van der Waals surface area contributed by atoms with Gasteiger partial charge >= 0.3 is 0 Å². The Morgan fingerprint density at radius 2 is 1.41 bits per heavy atom. The van der Waals surface area contributed by atoms with Crippen molar-refractivity contribution in [2.24, 2.45) is 22.2 Å². The van der Waals surface area contributed by atoms with E-state index in [1.807, 2.05) is 0 Å². The predicted molar refractivity (Wildman–Crippen MR) is 100 cm³/mol. The normalized spacial score (nSPS) is 40.4. The quantitative estimate of drug-likeness (QED) is 0.572. The van der Waals surface area contributed by atoms with E-state index in [2.05, 4.69) is 74.3 Å². The lowest BCUT2D eigenvalue weighted by Crippen LogP contribution is -2.52. The van der Waals surface area contributed by atoms with Crippen LogP contribution in [0.1, 0.15) is 94.4 Å². The van der Waals surface area contributed by atoms with E-state index in [-0.39, 0.29) is 0 Å². The summed E-state index contributed by atoms with van der Waals surface area (Å²) in [4.78, 5) is 2.67. The van der Waals surface area contributed by atoms with E-state index in [1.54, 1.807) is 0 Å². The highest BCUT2D eigenvalue weighted by Gasteiger charge is 2.43. The van der Waals surface area contributed by atoms with Gasteiger partial charge in [-0.3, -0.25) is 0 Å². The molecule has 1 aliphatic rings. The van der Waals surface area contributed by atoms with E-state index in [0.717, 1.165) is 5.92 Å². The first-order valence-corrected chi connectivity index (χ1v) is 9.50. The third-order valence-corrected chi connectivity index (χ3v) is 6.95. The van der Waals surface area contributed by atoms with Crippen molar-refractivity contribution in [3.63, 3.8) is 0 Å². The minimum absolute atomic E-state index is 0.320. The van der Waals surface area contributed by atoms with E-state index in [9.17, 15) is 0 Å². The van der Waals surface area contributed by atoms with Crippen molar-refractivity contribution < 1.29 is 0 Å². The van der Waals surface area contributed by atoms with Crippen LogP contribution in [0.15, 0.2) is 0 Å². The molecule has 0 aromatic carbocycles. The second kappa shape index (κ2) is 6.46. The van der Waals surface area contributed by atoms with Gasteiger partial charge in [-0.25, -0.2) is 0 Å². The van der Waals surface area contributed by atoms with Gasteiger partial charge < -0.3 is 4.90 Å². The van der Waals surface area contributed by atoms with Crippen molar-refractivity contribution in [1.29, 1.82) is 0 Å². The van der Waals surface area contributed by atoms with Crippen molar-refractivity contribution in [2.75, 3.05) is 13.6 Å². The van der Waals surface area contributed by atoms with Crippen molar-refractivity contribution in [3.8, 4) is 0 Å². The first kappa shape index (κ1) is 20.0. The van der Waals surface area contributed by atoms with Crippen molar-refractivity contribution >= 4 is 0 Å². The molecule has 0 saturated carbocycles. The zero-order valence-corrected chi connectivity index (χ0v) is 17.3. The average Bonchev–Trinajstić information content (AvgIpc) is 2.34. The molecule has 1 heterocycles. The van der Waals surface area contributed by atoms with Crippen LogP contribution in [-0.4, -0.2) is 24.0 Å². The number of nitrogens with zero attached hydrogens (tertiary/aromatic N) is 1. The molecule has 0 aromatic rings. The number of rotatable bonds is 2. The maximum atomic E-state index is 2.67. The second-order valence-corrected chi connectivity index (χ2v) is 10.5. The predicted octanol–water partition coefficient (Wildman–Crippen LogP) is 6.38. The summed E-state index contributed by atoms with van der Waals surface area (Å²) >= 11 is 0. The molecular formula is C21H43N. The molecule has 22 heavy (non-hydrogen) atoms. The molecule has 132 valence electrons. The Hall–Kier alpha value is -0.0400. The Morgan fingerprint density at radius 1 is 0.864 bits per heavy atom. The fourth-order valence-corrected chi connectivity index (χ4v) is 5.34. The summed E-state index contributed by atoms with van der Waals surface area (Å²) in [5, 5.41) is 0. The van der Waals surface area contributed by atoms with Gasteiger partial charge in [-0.1, -0.05) is 61.8 Å². The minimum atomic E-state index is 0.320. The molecule has 0 bridgehead atoms. The van der Waals surface area contributed by atoms with Crippen LogP contribution in [0.3, 0.4) is 0 Å². The summed E-state index contributed by atoms with van der Waals surface area (Å²) in [6, 6.07) is 0. The highest BCUT2D eigenvalue weighted by atomic mass is 15.2. The molecule has 2 unspecified atom stereocenters. The molecule has 1 fully saturated rings. The topological polar surface area (TPSA) is 3.24 Å². The van der Waals surface area contributed by atoms with Gasteiger partial charge in [-0.2, -0.15) is 0 Å². The molecule has 0 amide bonds. The van der Waals surface area contributed by atoms with Crippen LogP contribution in [0, 0.1) is 22.2 Å². The van der Waals surface area contributed by atoms with Gasteiger partial charge in [0.15, 0.2) is 0 Å². The summed E-state index contributed by atoms with van der Waals surface area (Å²) in [6.45, 7) is 23.4. The molecule has 1 heteroatoms. The first-order chi connectivity index (χ1) is 9.79. The Balaban J connectivity index is 3.23. The lowest BCUT2D eigenvalue weighted by atomic mass is 9.60. The van der Waals surface area contributed by atoms with Gasteiger partial charge in [0.1, 0.15) is 0 Å². The van der Waals surface area contributed by atoms with Gasteiger partial charge in [0.05, 0.1) is 0 Å². The molecule has 1 rings (SSSR count). The summed E-state index contributed by atoms with van der Waals surface area (Å²) in [5.41, 5.74) is 1.57. The van der Waals surface area contributed by atoms with Crippen LogP contribution >= 0.6 is 0 Å². The van der Waals surface area contributed by atoms with Crippen molar-refractivity contribution in [1.82, 2.24) is 4.90 Å². The zero-order valence-electron chi connectivity index (χ0n) is 17.3. The highest BCUT2D eigenvalue weighted by molar-refractivity contribution is 4.96. The zero-order chi connectivity index (χ0) is 17.4. The van der Waals surface area contributed by atoms with Crippen LogP contribution in [0.2, 0.25) is 0 Å². The van der Waals surface area contributed by atoms with Crippen molar-refractivity contribution in [3.05, 3.63) is 0 Å². The summed E-state index contributed by atoms with van der Waals surface area (Å²) < 4.78 is 0. The van der Waals surface area contributed by atoms with Gasteiger partial charge in [0.25, 0.3) is 0 Å². The molecule has 1 saturated heterocycles. The molecule has 0 N–H and O–H groups in total. The largest absolute Gasteiger partial charge is 0.300 e. The SMILES string of the molecule is CCC1(C)CC(C)(C)CC(C)[C@](C)(CC)CC(C)(C)CN1C. The summed E-state index contributed by atoms with van der Waals surface area (Å²) in [5.74, 6) is 0.788. The third-order valence-electron chi connectivity index (χ3n) is 6.95. The lowest BCUT2D eigenvalue weighted by Gasteiger charge is -2.52. The van der Waals surface area contributed by atoms with Gasteiger partial charge in [-0.05, 0) is 61.8 Å². The molecular weight excluding hydrogens is 266 g/mol. The maximum absolute atomic E-state index is 2.67. The van der Waals surface area contributed by atoms with Crippen LogP contribution in [0.25, 0.3) is 0 Å². The van der Waals surface area contributed by atoms with Crippen LogP contribution in [0.5, 0.6) is 0 Å². The van der Waals surface area contributed by atoms with Crippen LogP contribution in [0.4, 0.5) is 0 Å². The summed E-state index contributed by atoms with van der Waals surface area (Å²) in [7, 11) is 2.36. The van der Waals surface area contributed by atoms with Gasteiger partial charge in [-0.15, -0.1) is 0 Å². The Morgan fingerprint density at radius 3 is 1.86 bits per heavy atom. The number of hydrogen-bond donors (Lipinski definition) is 0. The van der Waals surface area contributed by atoms with E-state index in [1.165, 1.54) is 38.6 Å². The Kier molecular flexibility index (Phi) is 5.87. The lowest BCUT2D eigenvalue weighted by molar-refractivity contribution is -0.0154. The van der Waals surface area contributed by atoms with Crippen molar-refractivity contribution in [2.45, 2.75) is 100.0 Å². The molecule has 3 atom stereocenters. The fourth-order valence-electron chi connectivity index (χ4n) is 5.34. The molecule has 0 radical (unpaired) electrons. The minimum Gasteiger partial charge on any atom is -0.300 e. The highest BCUT2D eigenvalue weighted by Crippen LogP contribution is 2.50.